The molecule has 1 saturated carbocycles. The molecule has 2 rings (SSSR count). The monoisotopic (exact) mass is 456 g/mol. The van der Waals surface area contributed by atoms with E-state index in [1.54, 1.807) is 6.07 Å². The van der Waals surface area contributed by atoms with Gasteiger partial charge in [-0.1, -0.05) is 44.2 Å². The van der Waals surface area contributed by atoms with Crippen molar-refractivity contribution in [2.24, 2.45) is 11.8 Å². The van der Waals surface area contributed by atoms with Crippen LogP contribution in [-0.4, -0.2) is 40.3 Å². The number of aliphatic carboxylic acids is 1. The fourth-order valence-corrected chi connectivity index (χ4v) is 4.58. The second-order valence-electron chi connectivity index (χ2n) is 8.27. The van der Waals surface area contributed by atoms with Crippen molar-refractivity contribution in [3.8, 4) is 0 Å². The molecule has 1 fully saturated rings. The zero-order valence-electron chi connectivity index (χ0n) is 19.6. The second-order valence-corrected chi connectivity index (χ2v) is 8.71. The Morgan fingerprint density at radius 1 is 1.03 bits per heavy atom. The molecule has 1 aliphatic rings. The van der Waals surface area contributed by atoms with E-state index in [0.717, 1.165) is 57.3 Å². The third-order valence-corrected chi connectivity index (χ3v) is 5.89. The molecule has 6 heteroatoms. The number of aliphatic hydroxyl groups excluding tert-OH is 2. The zero-order valence-corrected chi connectivity index (χ0v) is 20.3. The van der Waals surface area contributed by atoms with Gasteiger partial charge in [-0.25, -0.2) is 0 Å². The number of benzene rings is 1. The highest BCUT2D eigenvalue weighted by molar-refractivity contribution is 6.31. The lowest BCUT2D eigenvalue weighted by Crippen LogP contribution is -2.19. The standard InChI is InChI=1S/C22H33ClO2.C2H4O2.CH4O/c1-3-4-5-6-9-20-17(11-12-22(20)25)8-7-10-21(24)18-13-16(2)14-19(23)15-18;1-2(3)4;1-2/h13-15,17,20,22,25H,3-12H2,1-2H3;1H3,(H,3,4);2H,1H3/t17-,20+,22-;;/m0../s1. The number of carbonyl (C=O) groups is 2. The zero-order chi connectivity index (χ0) is 23.8. The van der Waals surface area contributed by atoms with Crippen LogP contribution in [0.3, 0.4) is 0 Å². The van der Waals surface area contributed by atoms with E-state index < -0.39 is 5.97 Å². The van der Waals surface area contributed by atoms with Gasteiger partial charge < -0.3 is 15.3 Å². The minimum Gasteiger partial charge on any atom is -0.481 e. The van der Waals surface area contributed by atoms with Gasteiger partial charge in [-0.05, 0) is 74.6 Å². The lowest BCUT2D eigenvalue weighted by Gasteiger charge is -2.22. The number of carboxylic acid groups (broad SMARTS) is 1. The maximum atomic E-state index is 12.4. The molecule has 0 saturated heterocycles. The summed E-state index contributed by atoms with van der Waals surface area (Å²) in [5.41, 5.74) is 1.76. The Balaban J connectivity index is 0.00000134. The average Bonchev–Trinajstić information content (AvgIpc) is 3.05. The van der Waals surface area contributed by atoms with Gasteiger partial charge in [0.25, 0.3) is 5.97 Å². The van der Waals surface area contributed by atoms with Gasteiger partial charge >= 0.3 is 0 Å². The van der Waals surface area contributed by atoms with Crippen LogP contribution in [0.15, 0.2) is 18.2 Å². The highest BCUT2D eigenvalue weighted by Gasteiger charge is 2.33. The highest BCUT2D eigenvalue weighted by atomic mass is 35.5. The summed E-state index contributed by atoms with van der Waals surface area (Å²) in [5.74, 6) is 0.384. The van der Waals surface area contributed by atoms with E-state index in [-0.39, 0.29) is 11.9 Å². The molecule has 1 aromatic carbocycles. The first-order valence-corrected chi connectivity index (χ1v) is 11.7. The molecule has 0 aromatic heterocycles. The van der Waals surface area contributed by atoms with E-state index in [1.165, 1.54) is 25.7 Å². The van der Waals surface area contributed by atoms with Gasteiger partial charge in [-0.3, -0.25) is 9.59 Å². The molecule has 0 radical (unpaired) electrons. The molecule has 5 nitrogen and oxygen atoms in total. The molecule has 1 aromatic rings. The second kappa shape index (κ2) is 17.2. The number of ketones is 1. The van der Waals surface area contributed by atoms with Crippen molar-refractivity contribution in [2.75, 3.05) is 7.11 Å². The number of aliphatic hydroxyl groups is 2. The maximum Gasteiger partial charge on any atom is 0.300 e. The minimum atomic E-state index is -0.833. The molecule has 3 atom stereocenters. The third-order valence-electron chi connectivity index (χ3n) is 5.67. The van der Waals surface area contributed by atoms with Gasteiger partial charge in [0.1, 0.15) is 0 Å². The van der Waals surface area contributed by atoms with E-state index in [2.05, 4.69) is 6.92 Å². The van der Waals surface area contributed by atoms with Crippen LogP contribution in [0.1, 0.15) is 94.0 Å². The lowest BCUT2D eigenvalue weighted by atomic mass is 9.85. The molecular weight excluding hydrogens is 416 g/mol. The van der Waals surface area contributed by atoms with Crippen LogP contribution in [0.2, 0.25) is 5.02 Å². The Morgan fingerprint density at radius 2 is 1.68 bits per heavy atom. The predicted octanol–water partition coefficient (Wildman–Crippen LogP) is 6.06. The number of carbonyl (C=O) groups excluding carboxylic acids is 1. The van der Waals surface area contributed by atoms with Crippen LogP contribution in [0.4, 0.5) is 0 Å². The molecule has 31 heavy (non-hydrogen) atoms. The minimum absolute atomic E-state index is 0.127. The number of hydrogen-bond donors (Lipinski definition) is 3. The first-order valence-electron chi connectivity index (χ1n) is 11.4. The predicted molar refractivity (Wildman–Crippen MR) is 127 cm³/mol. The number of hydrogen-bond acceptors (Lipinski definition) is 4. The summed E-state index contributed by atoms with van der Waals surface area (Å²) in [7, 11) is 1.00. The van der Waals surface area contributed by atoms with Crippen molar-refractivity contribution >= 4 is 23.4 Å². The van der Waals surface area contributed by atoms with Crippen LogP contribution in [0.25, 0.3) is 0 Å². The molecule has 3 N–H and O–H groups in total. The van der Waals surface area contributed by atoms with Crippen molar-refractivity contribution in [1.29, 1.82) is 0 Å². The van der Waals surface area contributed by atoms with Gasteiger partial charge in [0, 0.05) is 31.0 Å². The maximum absolute atomic E-state index is 12.4. The molecular formula is C25H41ClO5. The molecule has 178 valence electrons. The van der Waals surface area contributed by atoms with E-state index >= 15 is 0 Å². The Kier molecular flexibility index (Phi) is 16.4. The Labute approximate surface area is 192 Å². The molecule has 0 heterocycles. The molecule has 0 spiro atoms. The van der Waals surface area contributed by atoms with Crippen LogP contribution in [-0.2, 0) is 4.79 Å². The Morgan fingerprint density at radius 3 is 2.26 bits per heavy atom. The van der Waals surface area contributed by atoms with Crippen molar-refractivity contribution in [3.63, 3.8) is 0 Å². The van der Waals surface area contributed by atoms with Gasteiger partial charge in [-0.15, -0.1) is 0 Å². The fraction of sp³-hybridized carbons (Fsp3) is 0.680. The average molecular weight is 457 g/mol. The quantitative estimate of drug-likeness (QED) is 0.294. The molecule has 0 aliphatic heterocycles. The van der Waals surface area contributed by atoms with Crippen LogP contribution in [0, 0.1) is 18.8 Å². The number of carboxylic acids is 1. The first-order chi connectivity index (χ1) is 14.7. The number of rotatable bonds is 10. The first kappa shape index (κ1) is 29.6. The topological polar surface area (TPSA) is 94.8 Å². The number of Topliss-reactive ketones (excluding diaryl/α,β-unsaturated/α-hetero) is 1. The van der Waals surface area contributed by atoms with Gasteiger partial charge in [-0.2, -0.15) is 0 Å². The molecule has 0 unspecified atom stereocenters. The van der Waals surface area contributed by atoms with Gasteiger partial charge in [0.15, 0.2) is 5.78 Å². The van der Waals surface area contributed by atoms with E-state index in [0.29, 0.717) is 23.3 Å². The number of unbranched alkanes of at least 4 members (excludes halogenated alkanes) is 3. The number of halogens is 1. The third kappa shape index (κ3) is 12.9. The van der Waals surface area contributed by atoms with Crippen molar-refractivity contribution in [2.45, 2.75) is 91.1 Å². The molecule has 0 amide bonds. The summed E-state index contributed by atoms with van der Waals surface area (Å²) in [6.45, 7) is 5.28. The molecule has 0 bridgehead atoms. The summed E-state index contributed by atoms with van der Waals surface area (Å²) in [6, 6.07) is 5.57. The van der Waals surface area contributed by atoms with Crippen molar-refractivity contribution in [1.82, 2.24) is 0 Å². The summed E-state index contributed by atoms with van der Waals surface area (Å²) in [5, 5.41) is 25.3. The van der Waals surface area contributed by atoms with Gasteiger partial charge in [0.05, 0.1) is 6.10 Å². The van der Waals surface area contributed by atoms with Crippen LogP contribution in [0.5, 0.6) is 0 Å². The summed E-state index contributed by atoms with van der Waals surface area (Å²) in [6.07, 6.45) is 10.7. The lowest BCUT2D eigenvalue weighted by molar-refractivity contribution is -0.134. The van der Waals surface area contributed by atoms with Crippen molar-refractivity contribution in [3.05, 3.63) is 34.3 Å². The summed E-state index contributed by atoms with van der Waals surface area (Å²) in [4.78, 5) is 21.4. The van der Waals surface area contributed by atoms with Crippen LogP contribution < -0.4 is 0 Å². The summed E-state index contributed by atoms with van der Waals surface area (Å²) >= 11 is 6.06. The largest absolute Gasteiger partial charge is 0.481 e. The van der Waals surface area contributed by atoms with Crippen molar-refractivity contribution < 1.29 is 24.9 Å². The SMILES string of the molecule is CC(=O)O.CCCCCC[C@@H]1[C@@H](CCCC(=O)c2cc(C)cc(Cl)c2)CC[C@@H]1O.CO. The van der Waals surface area contributed by atoms with Crippen LogP contribution >= 0.6 is 11.6 Å². The van der Waals surface area contributed by atoms with E-state index in [1.807, 2.05) is 19.1 Å². The Bertz CT molecular complexity index is 623. The van der Waals surface area contributed by atoms with Gasteiger partial charge in [0.2, 0.25) is 0 Å². The fourth-order valence-electron chi connectivity index (χ4n) is 4.29. The summed E-state index contributed by atoms with van der Waals surface area (Å²) < 4.78 is 0. The van der Waals surface area contributed by atoms with E-state index in [4.69, 9.17) is 26.6 Å². The molecule has 1 aliphatic carbocycles. The normalized spacial score (nSPS) is 19.6. The Hall–Kier alpha value is -1.43. The van der Waals surface area contributed by atoms with E-state index in [9.17, 15) is 9.90 Å². The number of aryl methyl sites for hydroxylation is 1. The highest BCUT2D eigenvalue weighted by Crippen LogP contribution is 2.38. The smallest absolute Gasteiger partial charge is 0.300 e.